The molecular formula is C46H29NOS. The van der Waals surface area contributed by atoms with Crippen LogP contribution < -0.4 is 4.90 Å². The molecular weight excluding hydrogens is 615 g/mol. The van der Waals surface area contributed by atoms with Crippen molar-refractivity contribution in [2.45, 2.75) is 0 Å². The molecule has 0 amide bonds. The SMILES string of the molecule is c1cc(-c2ccc3c(c2)sc2ccccc23)cc(N(c2ccc(-c3ccc4ccccc4c3)cc2)c2ccc3oc4ccccc4c3c2)c1. The fourth-order valence-electron chi connectivity index (χ4n) is 7.20. The van der Waals surface area contributed by atoms with E-state index in [0.29, 0.717) is 0 Å². The molecule has 0 N–H and O–H groups in total. The Morgan fingerprint density at radius 2 is 1.00 bits per heavy atom. The highest BCUT2D eigenvalue weighted by molar-refractivity contribution is 7.25. The van der Waals surface area contributed by atoms with Gasteiger partial charge < -0.3 is 9.32 Å². The average molecular weight is 644 g/mol. The first-order chi connectivity index (χ1) is 24.2. The van der Waals surface area contributed by atoms with E-state index in [1.807, 2.05) is 23.5 Å². The summed E-state index contributed by atoms with van der Waals surface area (Å²) in [6.07, 6.45) is 0. The topological polar surface area (TPSA) is 16.4 Å². The molecule has 10 rings (SSSR count). The minimum atomic E-state index is 0.891. The number of furan rings is 1. The smallest absolute Gasteiger partial charge is 0.135 e. The van der Waals surface area contributed by atoms with Crippen LogP contribution in [0.15, 0.2) is 180 Å². The van der Waals surface area contributed by atoms with Crippen LogP contribution in [0.25, 0.3) is 75.1 Å². The van der Waals surface area contributed by atoms with Gasteiger partial charge in [0, 0.05) is 48.0 Å². The summed E-state index contributed by atoms with van der Waals surface area (Å²) in [5.41, 5.74) is 9.86. The van der Waals surface area contributed by atoms with E-state index < -0.39 is 0 Å². The van der Waals surface area contributed by atoms with E-state index in [0.717, 1.165) is 39.0 Å². The predicted molar refractivity (Wildman–Crippen MR) is 210 cm³/mol. The summed E-state index contributed by atoms with van der Waals surface area (Å²) in [5, 5.41) is 7.37. The lowest BCUT2D eigenvalue weighted by atomic mass is 10.0. The lowest BCUT2D eigenvalue weighted by Crippen LogP contribution is -2.10. The van der Waals surface area contributed by atoms with E-state index >= 15 is 0 Å². The standard InChI is InChI=1S/C46H29NOS/c1-2-9-32-26-34(17-16-30(32)8-1)31-18-21-36(22-19-31)47(38-23-25-44-42(29-38)39-12-3-5-14-43(39)48-44)37-11-7-10-33(27-37)35-20-24-41-40-13-4-6-15-45(40)49-46(41)28-35/h1-29H. The highest BCUT2D eigenvalue weighted by Crippen LogP contribution is 2.42. The number of fused-ring (bicyclic) bond motifs is 7. The fraction of sp³-hybridized carbons (Fsp3) is 0. The van der Waals surface area contributed by atoms with Crippen LogP contribution in [0.4, 0.5) is 17.1 Å². The number of para-hydroxylation sites is 1. The molecule has 3 heteroatoms. The minimum Gasteiger partial charge on any atom is -0.456 e. The third-order valence-electron chi connectivity index (χ3n) is 9.64. The Labute approximate surface area is 287 Å². The number of benzene rings is 8. The molecule has 0 aliphatic carbocycles. The fourth-order valence-corrected chi connectivity index (χ4v) is 8.35. The van der Waals surface area contributed by atoms with Crippen LogP contribution in [-0.2, 0) is 0 Å². The zero-order valence-electron chi connectivity index (χ0n) is 26.5. The Morgan fingerprint density at radius 3 is 1.92 bits per heavy atom. The van der Waals surface area contributed by atoms with Gasteiger partial charge in [-0.3, -0.25) is 0 Å². The maximum absolute atomic E-state index is 6.21. The molecule has 0 saturated heterocycles. The summed E-state index contributed by atoms with van der Waals surface area (Å²) >= 11 is 1.86. The number of hydrogen-bond donors (Lipinski definition) is 0. The third-order valence-corrected chi connectivity index (χ3v) is 10.8. The molecule has 0 atom stereocenters. The van der Waals surface area contributed by atoms with Gasteiger partial charge in [-0.25, -0.2) is 0 Å². The van der Waals surface area contributed by atoms with Crippen LogP contribution in [0.5, 0.6) is 0 Å². The van der Waals surface area contributed by atoms with Crippen molar-refractivity contribution in [1.29, 1.82) is 0 Å². The van der Waals surface area contributed by atoms with Crippen molar-refractivity contribution in [3.8, 4) is 22.3 Å². The van der Waals surface area contributed by atoms with Gasteiger partial charge >= 0.3 is 0 Å². The number of hydrogen-bond acceptors (Lipinski definition) is 3. The van der Waals surface area contributed by atoms with E-state index in [2.05, 4.69) is 169 Å². The second-order valence-corrected chi connectivity index (χ2v) is 13.7. The van der Waals surface area contributed by atoms with Gasteiger partial charge in [0.05, 0.1) is 0 Å². The van der Waals surface area contributed by atoms with Gasteiger partial charge in [0.25, 0.3) is 0 Å². The van der Waals surface area contributed by atoms with Crippen molar-refractivity contribution in [1.82, 2.24) is 0 Å². The van der Waals surface area contributed by atoms with E-state index in [1.165, 1.54) is 53.2 Å². The highest BCUT2D eigenvalue weighted by Gasteiger charge is 2.17. The first-order valence-corrected chi connectivity index (χ1v) is 17.4. The summed E-state index contributed by atoms with van der Waals surface area (Å²) in [6, 6.07) is 63.4. The van der Waals surface area contributed by atoms with Crippen molar-refractivity contribution in [2.75, 3.05) is 4.90 Å². The average Bonchev–Trinajstić information content (AvgIpc) is 3.73. The number of thiophene rings is 1. The molecule has 2 heterocycles. The first-order valence-electron chi connectivity index (χ1n) is 16.6. The van der Waals surface area contributed by atoms with Gasteiger partial charge in [0.2, 0.25) is 0 Å². The summed E-state index contributed by atoms with van der Waals surface area (Å²) < 4.78 is 8.84. The van der Waals surface area contributed by atoms with Gasteiger partial charge in [-0.2, -0.15) is 0 Å². The van der Waals surface area contributed by atoms with Crippen LogP contribution in [-0.4, -0.2) is 0 Å². The molecule has 8 aromatic carbocycles. The Balaban J connectivity index is 1.10. The van der Waals surface area contributed by atoms with E-state index in [1.54, 1.807) is 0 Å². The largest absolute Gasteiger partial charge is 0.456 e. The van der Waals surface area contributed by atoms with E-state index in [9.17, 15) is 0 Å². The molecule has 0 unspecified atom stereocenters. The third kappa shape index (κ3) is 4.78. The predicted octanol–water partition coefficient (Wildman–Crippen LogP) is 13.9. The van der Waals surface area contributed by atoms with Gasteiger partial charge in [-0.1, -0.05) is 109 Å². The van der Waals surface area contributed by atoms with E-state index in [-0.39, 0.29) is 0 Å². The van der Waals surface area contributed by atoms with Crippen LogP contribution in [0, 0.1) is 0 Å². The summed E-state index contributed by atoms with van der Waals surface area (Å²) in [7, 11) is 0. The van der Waals surface area contributed by atoms with Gasteiger partial charge in [-0.05, 0) is 99.8 Å². The minimum absolute atomic E-state index is 0.891. The molecule has 0 fully saturated rings. The maximum atomic E-state index is 6.21. The van der Waals surface area contributed by atoms with Crippen molar-refractivity contribution in [2.24, 2.45) is 0 Å². The molecule has 0 saturated carbocycles. The second-order valence-electron chi connectivity index (χ2n) is 12.6. The Morgan fingerprint density at radius 1 is 0.347 bits per heavy atom. The van der Waals surface area contributed by atoms with Crippen molar-refractivity contribution < 1.29 is 4.42 Å². The molecule has 0 radical (unpaired) electrons. The lowest BCUT2D eigenvalue weighted by molar-refractivity contribution is 0.669. The normalized spacial score (nSPS) is 11.7. The number of rotatable bonds is 5. The molecule has 0 spiro atoms. The molecule has 2 nitrogen and oxygen atoms in total. The lowest BCUT2D eigenvalue weighted by Gasteiger charge is -2.26. The Hall–Kier alpha value is -6.16. The van der Waals surface area contributed by atoms with Crippen LogP contribution in [0.1, 0.15) is 0 Å². The van der Waals surface area contributed by atoms with Crippen molar-refractivity contribution >= 4 is 81.3 Å². The molecule has 0 bridgehead atoms. The van der Waals surface area contributed by atoms with Crippen molar-refractivity contribution in [3.05, 3.63) is 176 Å². The maximum Gasteiger partial charge on any atom is 0.135 e. The molecule has 0 aliphatic rings. The summed E-state index contributed by atoms with van der Waals surface area (Å²) in [5.74, 6) is 0. The summed E-state index contributed by atoms with van der Waals surface area (Å²) in [4.78, 5) is 2.35. The Bertz CT molecular complexity index is 2840. The van der Waals surface area contributed by atoms with E-state index in [4.69, 9.17) is 4.42 Å². The van der Waals surface area contributed by atoms with Gasteiger partial charge in [0.1, 0.15) is 11.2 Å². The number of anilines is 3. The zero-order valence-corrected chi connectivity index (χ0v) is 27.3. The molecule has 10 aromatic rings. The molecule has 0 aliphatic heterocycles. The van der Waals surface area contributed by atoms with Gasteiger partial charge in [0.15, 0.2) is 0 Å². The van der Waals surface area contributed by atoms with Crippen LogP contribution >= 0.6 is 11.3 Å². The van der Waals surface area contributed by atoms with Crippen molar-refractivity contribution in [3.63, 3.8) is 0 Å². The van der Waals surface area contributed by atoms with Crippen LogP contribution in [0.3, 0.4) is 0 Å². The molecule has 2 aromatic heterocycles. The van der Waals surface area contributed by atoms with Gasteiger partial charge in [-0.15, -0.1) is 11.3 Å². The zero-order chi connectivity index (χ0) is 32.3. The monoisotopic (exact) mass is 643 g/mol. The molecule has 230 valence electrons. The van der Waals surface area contributed by atoms with Crippen LogP contribution in [0.2, 0.25) is 0 Å². The highest BCUT2D eigenvalue weighted by atomic mass is 32.1. The molecule has 49 heavy (non-hydrogen) atoms. The quantitative estimate of drug-likeness (QED) is 0.186. The first kappa shape index (κ1) is 27.9. The second kappa shape index (κ2) is 11.2. The number of nitrogens with zero attached hydrogens (tertiary/aromatic N) is 1. The summed E-state index contributed by atoms with van der Waals surface area (Å²) in [6.45, 7) is 0. The Kier molecular flexibility index (Phi) is 6.39.